The van der Waals surface area contributed by atoms with Gasteiger partial charge in [0.1, 0.15) is 6.04 Å². The van der Waals surface area contributed by atoms with Gasteiger partial charge in [0.2, 0.25) is 5.91 Å². The van der Waals surface area contributed by atoms with Crippen molar-refractivity contribution in [3.63, 3.8) is 0 Å². The highest BCUT2D eigenvalue weighted by Gasteiger charge is 2.24. The fourth-order valence-electron chi connectivity index (χ4n) is 2.46. The number of carbonyl (C=O) groups excluding carboxylic acids is 1. The van der Waals surface area contributed by atoms with Crippen molar-refractivity contribution in [2.24, 2.45) is 5.73 Å². The number of hydrogen-bond donors (Lipinski definition) is 2. The Morgan fingerprint density at radius 3 is 2.67 bits per heavy atom. The molecule has 98 valence electrons. The fourth-order valence-corrected chi connectivity index (χ4v) is 2.86. The summed E-state index contributed by atoms with van der Waals surface area (Å²) in [6.07, 6.45) is 4.75. The lowest BCUT2D eigenvalue weighted by Gasteiger charge is -2.21. The molecule has 0 radical (unpaired) electrons. The van der Waals surface area contributed by atoms with Crippen LogP contribution in [-0.2, 0) is 4.79 Å². The Bertz CT molecular complexity index is 441. The van der Waals surface area contributed by atoms with E-state index in [2.05, 4.69) is 21.2 Å². The number of primary amides is 1. The Balaban J connectivity index is 2.17. The van der Waals surface area contributed by atoms with Gasteiger partial charge in [-0.15, -0.1) is 0 Å². The van der Waals surface area contributed by atoms with Crippen LogP contribution in [0.15, 0.2) is 22.7 Å². The van der Waals surface area contributed by atoms with E-state index >= 15 is 0 Å². The van der Waals surface area contributed by atoms with Crippen molar-refractivity contribution in [3.05, 3.63) is 33.8 Å². The van der Waals surface area contributed by atoms with Crippen LogP contribution in [0.4, 0.5) is 0 Å². The first-order valence-electron chi connectivity index (χ1n) is 6.39. The van der Waals surface area contributed by atoms with E-state index in [0.29, 0.717) is 6.04 Å². The van der Waals surface area contributed by atoms with Crippen molar-refractivity contribution < 1.29 is 4.79 Å². The maximum Gasteiger partial charge on any atom is 0.239 e. The number of hydrogen-bond acceptors (Lipinski definition) is 2. The molecule has 3 N–H and O–H groups in total. The van der Waals surface area contributed by atoms with Crippen molar-refractivity contribution in [1.82, 2.24) is 5.32 Å². The van der Waals surface area contributed by atoms with Gasteiger partial charge in [0, 0.05) is 10.5 Å². The van der Waals surface area contributed by atoms with E-state index in [1.54, 1.807) is 0 Å². The number of benzene rings is 1. The number of halogens is 1. The van der Waals surface area contributed by atoms with E-state index in [-0.39, 0.29) is 11.9 Å². The summed E-state index contributed by atoms with van der Waals surface area (Å²) in [6.45, 7) is 2.03. The molecular weight excluding hydrogens is 292 g/mol. The number of carbonyl (C=O) groups is 1. The second kappa shape index (κ2) is 5.85. The minimum atomic E-state index is -0.384. The first-order chi connectivity index (χ1) is 8.58. The summed E-state index contributed by atoms with van der Waals surface area (Å²) in [5.74, 6) is -0.308. The molecule has 1 aliphatic carbocycles. The molecule has 0 aromatic heterocycles. The Morgan fingerprint density at radius 1 is 1.44 bits per heavy atom. The smallest absolute Gasteiger partial charge is 0.239 e. The Morgan fingerprint density at radius 2 is 2.11 bits per heavy atom. The van der Waals surface area contributed by atoms with Gasteiger partial charge in [-0.2, -0.15) is 0 Å². The highest BCUT2D eigenvalue weighted by atomic mass is 79.9. The summed E-state index contributed by atoms with van der Waals surface area (Å²) in [7, 11) is 0. The molecule has 18 heavy (non-hydrogen) atoms. The third-order valence-electron chi connectivity index (χ3n) is 3.57. The van der Waals surface area contributed by atoms with E-state index < -0.39 is 0 Å². The predicted octanol–water partition coefficient (Wildman–Crippen LogP) is 2.82. The zero-order valence-corrected chi connectivity index (χ0v) is 12.2. The number of amides is 1. The van der Waals surface area contributed by atoms with Crippen LogP contribution in [0.1, 0.15) is 42.9 Å². The second-order valence-corrected chi connectivity index (χ2v) is 5.85. The maximum atomic E-state index is 11.6. The predicted molar refractivity (Wildman–Crippen MR) is 76.2 cm³/mol. The number of nitrogens with one attached hydrogen (secondary N) is 1. The van der Waals surface area contributed by atoms with Crippen molar-refractivity contribution in [2.75, 3.05) is 0 Å². The molecule has 4 heteroatoms. The van der Waals surface area contributed by atoms with E-state index in [4.69, 9.17) is 5.73 Å². The summed E-state index contributed by atoms with van der Waals surface area (Å²) < 4.78 is 1.01. The van der Waals surface area contributed by atoms with Crippen LogP contribution in [0.5, 0.6) is 0 Å². The van der Waals surface area contributed by atoms with Gasteiger partial charge in [-0.25, -0.2) is 0 Å². The highest BCUT2D eigenvalue weighted by molar-refractivity contribution is 9.10. The lowest BCUT2D eigenvalue weighted by molar-refractivity contribution is -0.120. The molecule has 0 bridgehead atoms. The van der Waals surface area contributed by atoms with E-state index in [9.17, 15) is 4.79 Å². The van der Waals surface area contributed by atoms with Crippen molar-refractivity contribution >= 4 is 21.8 Å². The Kier molecular flexibility index (Phi) is 4.40. The molecule has 1 aromatic carbocycles. The van der Waals surface area contributed by atoms with Gasteiger partial charge in [0.05, 0.1) is 0 Å². The van der Waals surface area contributed by atoms with Gasteiger partial charge in [0.25, 0.3) is 0 Å². The monoisotopic (exact) mass is 310 g/mol. The summed E-state index contributed by atoms with van der Waals surface area (Å²) >= 11 is 3.50. The lowest BCUT2D eigenvalue weighted by Crippen LogP contribution is -2.38. The maximum absolute atomic E-state index is 11.6. The first-order valence-corrected chi connectivity index (χ1v) is 7.18. The standard InChI is InChI=1S/C14H19BrN2O/c1-9-6-7-10(8-12(9)15)13(14(16)18)17-11-4-2-3-5-11/h6-8,11,13,17H,2-5H2,1H3,(H2,16,18). The molecule has 1 atom stereocenters. The third-order valence-corrected chi connectivity index (χ3v) is 4.43. The van der Waals surface area contributed by atoms with Gasteiger partial charge in [-0.1, -0.05) is 40.9 Å². The molecule has 1 aromatic rings. The zero-order valence-electron chi connectivity index (χ0n) is 10.6. The van der Waals surface area contributed by atoms with Crippen LogP contribution in [0.3, 0.4) is 0 Å². The molecule has 0 heterocycles. The fraction of sp³-hybridized carbons (Fsp3) is 0.500. The third kappa shape index (κ3) is 3.12. The van der Waals surface area contributed by atoms with Gasteiger partial charge < -0.3 is 5.73 Å². The van der Waals surface area contributed by atoms with Crippen LogP contribution in [-0.4, -0.2) is 11.9 Å². The molecule has 0 spiro atoms. The van der Waals surface area contributed by atoms with Gasteiger partial charge >= 0.3 is 0 Å². The van der Waals surface area contributed by atoms with Crippen LogP contribution >= 0.6 is 15.9 Å². The van der Waals surface area contributed by atoms with Crippen molar-refractivity contribution in [2.45, 2.75) is 44.7 Å². The Hall–Kier alpha value is -0.870. The highest BCUT2D eigenvalue weighted by Crippen LogP contribution is 2.25. The molecule has 3 nitrogen and oxygen atoms in total. The molecule has 1 fully saturated rings. The zero-order chi connectivity index (χ0) is 13.1. The van der Waals surface area contributed by atoms with Gasteiger partial charge in [-0.05, 0) is 37.0 Å². The summed E-state index contributed by atoms with van der Waals surface area (Å²) in [5, 5.41) is 3.38. The number of aryl methyl sites for hydroxylation is 1. The van der Waals surface area contributed by atoms with E-state index in [1.807, 2.05) is 25.1 Å². The molecule has 1 amide bonds. The molecule has 1 saturated carbocycles. The average molecular weight is 311 g/mol. The van der Waals surface area contributed by atoms with Gasteiger partial charge in [-0.3, -0.25) is 10.1 Å². The van der Waals surface area contributed by atoms with Crippen LogP contribution in [0.2, 0.25) is 0 Å². The molecular formula is C14H19BrN2O. The SMILES string of the molecule is Cc1ccc(C(NC2CCCC2)C(N)=O)cc1Br. The molecule has 2 rings (SSSR count). The quantitative estimate of drug-likeness (QED) is 0.898. The lowest BCUT2D eigenvalue weighted by atomic mass is 10.0. The summed E-state index contributed by atoms with van der Waals surface area (Å²) in [5.41, 5.74) is 7.61. The van der Waals surface area contributed by atoms with E-state index in [1.165, 1.54) is 12.8 Å². The van der Waals surface area contributed by atoms with Crippen LogP contribution in [0, 0.1) is 6.92 Å². The largest absolute Gasteiger partial charge is 0.368 e. The minimum Gasteiger partial charge on any atom is -0.368 e. The van der Waals surface area contributed by atoms with Crippen LogP contribution in [0.25, 0.3) is 0 Å². The van der Waals surface area contributed by atoms with Crippen molar-refractivity contribution in [1.29, 1.82) is 0 Å². The Labute approximate surface area is 116 Å². The number of rotatable bonds is 4. The average Bonchev–Trinajstić information content (AvgIpc) is 2.82. The summed E-state index contributed by atoms with van der Waals surface area (Å²) in [6, 6.07) is 5.99. The van der Waals surface area contributed by atoms with E-state index in [0.717, 1.165) is 28.4 Å². The summed E-state index contributed by atoms with van der Waals surface area (Å²) in [4.78, 5) is 11.6. The van der Waals surface area contributed by atoms with Crippen molar-refractivity contribution in [3.8, 4) is 0 Å². The number of nitrogens with two attached hydrogens (primary N) is 1. The molecule has 0 aliphatic heterocycles. The normalized spacial score (nSPS) is 17.9. The van der Waals surface area contributed by atoms with Gasteiger partial charge in [0.15, 0.2) is 0 Å². The molecule has 1 unspecified atom stereocenters. The first kappa shape index (κ1) is 13.6. The molecule has 0 saturated heterocycles. The molecule has 1 aliphatic rings. The second-order valence-electron chi connectivity index (χ2n) is 4.99. The topological polar surface area (TPSA) is 55.1 Å². The van der Waals surface area contributed by atoms with Crippen LogP contribution < -0.4 is 11.1 Å². The minimum absolute atomic E-state index is 0.308.